The van der Waals surface area contributed by atoms with Crippen molar-refractivity contribution < 1.29 is 17.4 Å². The lowest BCUT2D eigenvalue weighted by Gasteiger charge is -2.13. The fourth-order valence-corrected chi connectivity index (χ4v) is 3.01. The topological polar surface area (TPSA) is 43.1 Å². The Morgan fingerprint density at radius 3 is 2.53 bits per heavy atom. The number of unbranched alkanes of at least 4 members (excludes halogenated alkanes) is 2. The van der Waals surface area contributed by atoms with E-state index in [4.69, 9.17) is 5.73 Å². The van der Waals surface area contributed by atoms with Gasteiger partial charge in [-0.1, -0.05) is 25.8 Å². The Kier molecular flexibility index (Phi) is 5.85. The van der Waals surface area contributed by atoms with Crippen LogP contribution in [0.2, 0.25) is 0 Å². The molecule has 0 bridgehead atoms. The number of alkyl halides is 3. The number of nitrogen functional groups attached to an aromatic ring is 1. The number of benzene rings is 1. The molecule has 0 saturated heterocycles. The van der Waals surface area contributed by atoms with E-state index in [2.05, 4.69) is 0 Å². The SMILES string of the molecule is CCCCCS(=O)Cc1ccc(N)cc1C(F)(F)F. The van der Waals surface area contributed by atoms with Crippen molar-refractivity contribution in [1.29, 1.82) is 0 Å². The predicted molar refractivity (Wildman–Crippen MR) is 72.1 cm³/mol. The first-order valence-electron chi connectivity index (χ1n) is 6.15. The standard InChI is InChI=1S/C13H18F3NOS/c1-2-3-4-7-19(18)9-10-5-6-11(17)8-12(10)13(14,15)16/h5-6,8H,2-4,7,9,17H2,1H3. The first-order chi connectivity index (χ1) is 8.84. The summed E-state index contributed by atoms with van der Waals surface area (Å²) in [4.78, 5) is 0. The van der Waals surface area contributed by atoms with Gasteiger partial charge in [-0.15, -0.1) is 0 Å². The quantitative estimate of drug-likeness (QED) is 0.641. The van der Waals surface area contributed by atoms with Gasteiger partial charge in [0.05, 0.1) is 5.56 Å². The van der Waals surface area contributed by atoms with E-state index in [1.54, 1.807) is 0 Å². The number of anilines is 1. The summed E-state index contributed by atoms with van der Waals surface area (Å²) in [7, 11) is -1.27. The Labute approximate surface area is 113 Å². The van der Waals surface area contributed by atoms with Crippen molar-refractivity contribution >= 4 is 16.5 Å². The minimum atomic E-state index is -4.46. The molecule has 1 aromatic carbocycles. The number of rotatable bonds is 6. The van der Waals surface area contributed by atoms with Crippen molar-refractivity contribution in [3.05, 3.63) is 29.3 Å². The highest BCUT2D eigenvalue weighted by molar-refractivity contribution is 7.84. The maximum absolute atomic E-state index is 12.8. The first kappa shape index (κ1) is 16.0. The Morgan fingerprint density at radius 2 is 1.95 bits per heavy atom. The highest BCUT2D eigenvalue weighted by Gasteiger charge is 2.33. The van der Waals surface area contributed by atoms with Crippen LogP contribution in [0.15, 0.2) is 18.2 Å². The first-order valence-corrected chi connectivity index (χ1v) is 7.64. The molecule has 0 aromatic heterocycles. The third-order valence-electron chi connectivity index (χ3n) is 2.73. The summed E-state index contributed by atoms with van der Waals surface area (Å²) in [6.07, 6.45) is -1.75. The molecule has 6 heteroatoms. The monoisotopic (exact) mass is 293 g/mol. The Hall–Kier alpha value is -1.04. The van der Waals surface area contributed by atoms with Gasteiger partial charge in [-0.05, 0) is 24.1 Å². The van der Waals surface area contributed by atoms with Gasteiger partial charge in [0.1, 0.15) is 0 Å². The van der Waals surface area contributed by atoms with Crippen molar-refractivity contribution in [3.63, 3.8) is 0 Å². The second-order valence-corrected chi connectivity index (χ2v) is 5.99. The van der Waals surface area contributed by atoms with Crippen LogP contribution in [0.25, 0.3) is 0 Å². The zero-order valence-electron chi connectivity index (χ0n) is 10.8. The second-order valence-electron chi connectivity index (χ2n) is 4.41. The molecule has 0 amide bonds. The van der Waals surface area contributed by atoms with Gasteiger partial charge < -0.3 is 5.73 Å². The lowest BCUT2D eigenvalue weighted by molar-refractivity contribution is -0.138. The predicted octanol–water partition coefficient (Wildman–Crippen LogP) is 3.73. The van der Waals surface area contributed by atoms with Gasteiger partial charge in [-0.25, -0.2) is 0 Å². The second kappa shape index (κ2) is 6.93. The van der Waals surface area contributed by atoms with E-state index < -0.39 is 22.5 Å². The van der Waals surface area contributed by atoms with Crippen molar-refractivity contribution in [2.24, 2.45) is 0 Å². The van der Waals surface area contributed by atoms with E-state index in [0.717, 1.165) is 25.3 Å². The molecule has 108 valence electrons. The number of nitrogens with two attached hydrogens (primary N) is 1. The highest BCUT2D eigenvalue weighted by Crippen LogP contribution is 2.33. The molecule has 0 saturated carbocycles. The van der Waals surface area contributed by atoms with E-state index in [0.29, 0.717) is 5.75 Å². The van der Waals surface area contributed by atoms with Crippen LogP contribution in [-0.2, 0) is 22.7 Å². The van der Waals surface area contributed by atoms with Gasteiger partial charge in [-0.3, -0.25) is 4.21 Å². The van der Waals surface area contributed by atoms with Crippen LogP contribution in [-0.4, -0.2) is 9.96 Å². The van der Waals surface area contributed by atoms with Crippen molar-refractivity contribution in [1.82, 2.24) is 0 Å². The van der Waals surface area contributed by atoms with Crippen molar-refractivity contribution in [2.45, 2.75) is 38.1 Å². The van der Waals surface area contributed by atoms with Gasteiger partial charge in [-0.2, -0.15) is 13.2 Å². The van der Waals surface area contributed by atoms with E-state index in [1.165, 1.54) is 12.1 Å². The van der Waals surface area contributed by atoms with Crippen LogP contribution in [0.4, 0.5) is 18.9 Å². The molecular weight excluding hydrogens is 275 g/mol. The van der Waals surface area contributed by atoms with E-state index in [1.807, 2.05) is 6.92 Å². The molecule has 0 spiro atoms. The smallest absolute Gasteiger partial charge is 0.399 e. The molecule has 0 aliphatic carbocycles. The molecule has 2 N–H and O–H groups in total. The molecule has 1 aromatic rings. The molecule has 2 nitrogen and oxygen atoms in total. The third-order valence-corrected chi connectivity index (χ3v) is 4.11. The highest BCUT2D eigenvalue weighted by atomic mass is 32.2. The molecule has 0 radical (unpaired) electrons. The van der Waals surface area contributed by atoms with Crippen LogP contribution >= 0.6 is 0 Å². The molecular formula is C13H18F3NOS. The van der Waals surface area contributed by atoms with Crippen molar-refractivity contribution in [3.8, 4) is 0 Å². The van der Waals surface area contributed by atoms with Gasteiger partial charge in [0, 0.05) is 28.0 Å². The Bertz CT molecular complexity index is 446. The molecule has 0 aliphatic heterocycles. The van der Waals surface area contributed by atoms with E-state index >= 15 is 0 Å². The Morgan fingerprint density at radius 1 is 1.26 bits per heavy atom. The summed E-state index contributed by atoms with van der Waals surface area (Å²) >= 11 is 0. The van der Waals surface area contributed by atoms with Gasteiger partial charge >= 0.3 is 6.18 Å². The number of hydrogen-bond donors (Lipinski definition) is 1. The van der Waals surface area contributed by atoms with Crippen molar-refractivity contribution in [2.75, 3.05) is 11.5 Å². The van der Waals surface area contributed by atoms with Crippen LogP contribution in [0.3, 0.4) is 0 Å². The molecule has 1 atom stereocenters. The lowest BCUT2D eigenvalue weighted by atomic mass is 10.1. The van der Waals surface area contributed by atoms with E-state index in [-0.39, 0.29) is 17.0 Å². The van der Waals surface area contributed by atoms with Gasteiger partial charge in [0.15, 0.2) is 0 Å². The fourth-order valence-electron chi connectivity index (χ4n) is 1.74. The molecule has 0 aliphatic rings. The number of hydrogen-bond acceptors (Lipinski definition) is 2. The average molecular weight is 293 g/mol. The summed E-state index contributed by atoms with van der Waals surface area (Å²) in [6.45, 7) is 2.02. The van der Waals surface area contributed by atoms with Crippen LogP contribution in [0, 0.1) is 0 Å². The van der Waals surface area contributed by atoms with Crippen LogP contribution in [0.1, 0.15) is 37.3 Å². The largest absolute Gasteiger partial charge is 0.416 e. The molecule has 0 heterocycles. The molecule has 19 heavy (non-hydrogen) atoms. The summed E-state index contributed by atoms with van der Waals surface area (Å²) in [5, 5.41) is 0. The van der Waals surface area contributed by atoms with Crippen LogP contribution in [0.5, 0.6) is 0 Å². The summed E-state index contributed by atoms with van der Waals surface area (Å²) in [5.74, 6) is 0.369. The normalized spacial score (nSPS) is 13.5. The van der Waals surface area contributed by atoms with E-state index in [9.17, 15) is 17.4 Å². The Balaban J connectivity index is 2.80. The van der Waals surface area contributed by atoms with Crippen LogP contribution < -0.4 is 5.73 Å². The summed E-state index contributed by atoms with van der Waals surface area (Å²) in [6, 6.07) is 3.63. The minimum absolute atomic E-state index is 0.0523. The zero-order chi connectivity index (χ0) is 14.5. The fraction of sp³-hybridized carbons (Fsp3) is 0.538. The maximum atomic E-state index is 12.8. The molecule has 0 fully saturated rings. The van der Waals surface area contributed by atoms with Gasteiger partial charge in [0.25, 0.3) is 0 Å². The molecule has 1 rings (SSSR count). The lowest BCUT2D eigenvalue weighted by Crippen LogP contribution is -2.12. The molecule has 1 unspecified atom stereocenters. The van der Waals surface area contributed by atoms with Gasteiger partial charge in [0.2, 0.25) is 0 Å². The zero-order valence-corrected chi connectivity index (χ0v) is 11.6. The maximum Gasteiger partial charge on any atom is 0.416 e. The average Bonchev–Trinajstić information content (AvgIpc) is 2.30. The third kappa shape index (κ3) is 5.22. The minimum Gasteiger partial charge on any atom is -0.399 e. The summed E-state index contributed by atoms with van der Waals surface area (Å²) in [5.41, 5.74) is 4.71. The number of halogens is 3. The summed E-state index contributed by atoms with van der Waals surface area (Å²) < 4.78 is 50.3.